The molecule has 3 rings (SSSR count). The Labute approximate surface area is 125 Å². The van der Waals surface area contributed by atoms with Crippen LogP contribution in [0.1, 0.15) is 16.3 Å². The van der Waals surface area contributed by atoms with Crippen LogP contribution in [0.3, 0.4) is 0 Å². The number of para-hydroxylation sites is 1. The van der Waals surface area contributed by atoms with E-state index < -0.39 is 0 Å². The molecule has 2 heterocycles. The van der Waals surface area contributed by atoms with Gasteiger partial charge in [0.05, 0.1) is 19.3 Å². The first-order valence-electron chi connectivity index (χ1n) is 6.47. The number of amides is 1. The number of ether oxygens (including phenoxy) is 1. The molecule has 3 N–H and O–H groups in total. The van der Waals surface area contributed by atoms with E-state index in [1.54, 1.807) is 13.2 Å². The monoisotopic (exact) mass is 299 g/mol. The lowest BCUT2D eigenvalue weighted by molar-refractivity contribution is 0.0945. The molecule has 3 aromatic rings. The minimum absolute atomic E-state index is 0.179. The number of aromatic amines is 2. The largest absolute Gasteiger partial charge is 0.496 e. The van der Waals surface area contributed by atoms with Crippen LogP contribution in [0.5, 0.6) is 5.75 Å². The standard InChI is InChI=1S/C13H13N7O2/c1-22-11-5-3-2-4-8(11)9-6-10(16-15-9)13(21)14-7-12-17-19-20-18-12/h2-6H,7H2,1H3,(H,14,21)(H,15,16)(H,17,18,19,20). The molecule has 2 aromatic heterocycles. The number of nitrogens with one attached hydrogen (secondary N) is 3. The molecule has 9 heteroatoms. The minimum Gasteiger partial charge on any atom is -0.496 e. The summed E-state index contributed by atoms with van der Waals surface area (Å²) in [6.07, 6.45) is 0. The molecule has 0 aliphatic heterocycles. The fourth-order valence-electron chi connectivity index (χ4n) is 1.94. The SMILES string of the molecule is COc1ccccc1-c1cc(C(=O)NCc2nn[nH]n2)[nH]n1. The highest BCUT2D eigenvalue weighted by Crippen LogP contribution is 2.28. The molecule has 0 fully saturated rings. The predicted octanol–water partition coefficient (Wildman–Crippen LogP) is 0.528. The van der Waals surface area contributed by atoms with E-state index >= 15 is 0 Å². The average Bonchev–Trinajstić information content (AvgIpc) is 3.24. The molecule has 1 aromatic carbocycles. The van der Waals surface area contributed by atoms with E-state index in [0.717, 1.165) is 5.56 Å². The molecule has 22 heavy (non-hydrogen) atoms. The van der Waals surface area contributed by atoms with Gasteiger partial charge in [-0.25, -0.2) is 0 Å². The Morgan fingerprint density at radius 2 is 2.18 bits per heavy atom. The Morgan fingerprint density at radius 1 is 1.32 bits per heavy atom. The summed E-state index contributed by atoms with van der Waals surface area (Å²) in [7, 11) is 1.59. The lowest BCUT2D eigenvalue weighted by atomic mass is 10.1. The molecule has 0 saturated heterocycles. The van der Waals surface area contributed by atoms with Crippen molar-refractivity contribution in [2.24, 2.45) is 0 Å². The van der Waals surface area contributed by atoms with Crippen LogP contribution in [0, 0.1) is 0 Å². The third kappa shape index (κ3) is 2.77. The van der Waals surface area contributed by atoms with Gasteiger partial charge in [-0.3, -0.25) is 9.89 Å². The highest BCUT2D eigenvalue weighted by Gasteiger charge is 2.13. The van der Waals surface area contributed by atoms with Crippen LogP contribution in [0.25, 0.3) is 11.3 Å². The maximum Gasteiger partial charge on any atom is 0.269 e. The fourth-order valence-corrected chi connectivity index (χ4v) is 1.94. The number of aromatic nitrogens is 6. The van der Waals surface area contributed by atoms with Gasteiger partial charge in [-0.15, -0.1) is 10.2 Å². The lowest BCUT2D eigenvalue weighted by Gasteiger charge is -2.04. The van der Waals surface area contributed by atoms with Gasteiger partial charge in [-0.05, 0) is 18.2 Å². The lowest BCUT2D eigenvalue weighted by Crippen LogP contribution is -2.23. The van der Waals surface area contributed by atoms with Gasteiger partial charge in [0.1, 0.15) is 11.4 Å². The van der Waals surface area contributed by atoms with E-state index in [2.05, 4.69) is 36.1 Å². The quantitative estimate of drug-likeness (QED) is 0.631. The maximum atomic E-state index is 12.0. The van der Waals surface area contributed by atoms with Gasteiger partial charge in [0.25, 0.3) is 5.91 Å². The second-order valence-electron chi connectivity index (χ2n) is 4.38. The first-order chi connectivity index (χ1) is 10.8. The Balaban J connectivity index is 1.74. The zero-order chi connectivity index (χ0) is 15.4. The van der Waals surface area contributed by atoms with Crippen molar-refractivity contribution in [3.8, 4) is 17.0 Å². The Kier molecular flexibility index (Phi) is 3.77. The third-order valence-electron chi connectivity index (χ3n) is 3.00. The summed E-state index contributed by atoms with van der Waals surface area (Å²) in [6.45, 7) is 0.179. The summed E-state index contributed by atoms with van der Waals surface area (Å²) in [5, 5.41) is 22.8. The van der Waals surface area contributed by atoms with Crippen molar-refractivity contribution in [2.45, 2.75) is 6.54 Å². The number of tetrazole rings is 1. The van der Waals surface area contributed by atoms with E-state index in [0.29, 0.717) is 23.0 Å². The number of carbonyl (C=O) groups is 1. The number of methoxy groups -OCH3 is 1. The average molecular weight is 299 g/mol. The van der Waals surface area contributed by atoms with Crippen LogP contribution in [-0.2, 0) is 6.54 Å². The van der Waals surface area contributed by atoms with Crippen molar-refractivity contribution >= 4 is 5.91 Å². The predicted molar refractivity (Wildman–Crippen MR) is 75.9 cm³/mol. The molecule has 1 amide bonds. The van der Waals surface area contributed by atoms with Gasteiger partial charge in [0.15, 0.2) is 5.82 Å². The highest BCUT2D eigenvalue weighted by atomic mass is 16.5. The van der Waals surface area contributed by atoms with Gasteiger partial charge in [-0.2, -0.15) is 10.3 Å². The summed E-state index contributed by atoms with van der Waals surface area (Å²) in [6, 6.07) is 9.11. The van der Waals surface area contributed by atoms with E-state index in [1.165, 1.54) is 0 Å². The zero-order valence-electron chi connectivity index (χ0n) is 11.7. The molecule has 0 saturated carbocycles. The first kappa shape index (κ1) is 13.7. The Hall–Kier alpha value is -3.23. The molecule has 0 aliphatic carbocycles. The maximum absolute atomic E-state index is 12.0. The van der Waals surface area contributed by atoms with Gasteiger partial charge in [0.2, 0.25) is 0 Å². The molecular formula is C13H13N7O2. The van der Waals surface area contributed by atoms with Crippen LogP contribution in [0.2, 0.25) is 0 Å². The minimum atomic E-state index is -0.307. The summed E-state index contributed by atoms with van der Waals surface area (Å²) in [5.41, 5.74) is 1.77. The zero-order valence-corrected chi connectivity index (χ0v) is 11.7. The fraction of sp³-hybridized carbons (Fsp3) is 0.154. The van der Waals surface area contributed by atoms with Gasteiger partial charge in [-0.1, -0.05) is 17.3 Å². The van der Waals surface area contributed by atoms with Crippen LogP contribution in [0.15, 0.2) is 30.3 Å². The van der Waals surface area contributed by atoms with Gasteiger partial charge in [0, 0.05) is 5.56 Å². The van der Waals surface area contributed by atoms with Crippen molar-refractivity contribution in [3.05, 3.63) is 41.9 Å². The van der Waals surface area contributed by atoms with Crippen LogP contribution in [-0.4, -0.2) is 43.8 Å². The number of H-pyrrole nitrogens is 2. The summed E-state index contributed by atoms with van der Waals surface area (Å²) in [4.78, 5) is 12.0. The van der Waals surface area contributed by atoms with E-state index in [1.807, 2.05) is 24.3 Å². The topological polar surface area (TPSA) is 121 Å². The van der Waals surface area contributed by atoms with E-state index in [-0.39, 0.29) is 12.5 Å². The highest BCUT2D eigenvalue weighted by molar-refractivity contribution is 5.93. The molecule has 0 bridgehead atoms. The Morgan fingerprint density at radius 3 is 2.95 bits per heavy atom. The molecule has 0 radical (unpaired) electrons. The van der Waals surface area contributed by atoms with Gasteiger partial charge >= 0.3 is 0 Å². The van der Waals surface area contributed by atoms with Crippen molar-refractivity contribution in [1.82, 2.24) is 36.1 Å². The van der Waals surface area contributed by atoms with Crippen LogP contribution in [0.4, 0.5) is 0 Å². The smallest absolute Gasteiger partial charge is 0.269 e. The number of hydrogen-bond donors (Lipinski definition) is 3. The molecule has 9 nitrogen and oxygen atoms in total. The number of nitrogens with zero attached hydrogens (tertiary/aromatic N) is 4. The molecule has 0 spiro atoms. The van der Waals surface area contributed by atoms with Crippen molar-refractivity contribution in [1.29, 1.82) is 0 Å². The second kappa shape index (κ2) is 6.04. The summed E-state index contributed by atoms with van der Waals surface area (Å²) >= 11 is 0. The normalized spacial score (nSPS) is 10.4. The molecule has 0 unspecified atom stereocenters. The molecule has 112 valence electrons. The molecular weight excluding hydrogens is 286 g/mol. The van der Waals surface area contributed by atoms with Gasteiger partial charge < -0.3 is 10.1 Å². The van der Waals surface area contributed by atoms with Crippen molar-refractivity contribution in [2.75, 3.05) is 7.11 Å². The number of hydrogen-bond acceptors (Lipinski definition) is 6. The van der Waals surface area contributed by atoms with E-state index in [9.17, 15) is 4.79 Å². The Bertz CT molecular complexity index is 766. The molecule has 0 atom stereocenters. The molecule has 0 aliphatic rings. The summed E-state index contributed by atoms with van der Waals surface area (Å²) < 4.78 is 5.28. The van der Waals surface area contributed by atoms with Crippen molar-refractivity contribution < 1.29 is 9.53 Å². The van der Waals surface area contributed by atoms with Crippen LogP contribution < -0.4 is 10.1 Å². The third-order valence-corrected chi connectivity index (χ3v) is 3.00. The number of benzene rings is 1. The van der Waals surface area contributed by atoms with Crippen molar-refractivity contribution in [3.63, 3.8) is 0 Å². The first-order valence-corrected chi connectivity index (χ1v) is 6.47. The summed E-state index contributed by atoms with van der Waals surface area (Å²) in [5.74, 6) is 0.782. The number of rotatable bonds is 5. The number of carbonyl (C=O) groups excluding carboxylic acids is 1. The van der Waals surface area contributed by atoms with Crippen LogP contribution >= 0.6 is 0 Å². The second-order valence-corrected chi connectivity index (χ2v) is 4.38. The van der Waals surface area contributed by atoms with E-state index in [4.69, 9.17) is 4.74 Å².